The van der Waals surface area contributed by atoms with Crippen LogP contribution in [0.4, 0.5) is 4.39 Å². The molecule has 0 aliphatic carbocycles. The lowest BCUT2D eigenvalue weighted by molar-refractivity contribution is -0.138. The van der Waals surface area contributed by atoms with E-state index in [-0.39, 0.29) is 22.3 Å². The van der Waals surface area contributed by atoms with Crippen LogP contribution >= 0.6 is 0 Å². The average molecular weight is 328 g/mol. The molecule has 6 heteroatoms. The molecule has 1 aromatic heterocycles. The Hall–Kier alpha value is -3.15. The lowest BCUT2D eigenvalue weighted by atomic mass is 9.92. The molecule has 5 nitrogen and oxygen atoms in total. The van der Waals surface area contributed by atoms with Crippen LogP contribution in [0.15, 0.2) is 47.1 Å². The molecule has 3 rings (SSSR count). The summed E-state index contributed by atoms with van der Waals surface area (Å²) in [4.78, 5) is 24.0. The molecule has 122 valence electrons. The molecule has 0 fully saturated rings. The third-order valence-electron chi connectivity index (χ3n) is 3.91. The van der Waals surface area contributed by atoms with Gasteiger partial charge in [-0.05, 0) is 43.3 Å². The molecular weight excluding hydrogens is 315 g/mol. The number of carboxylic acid groups (broad SMARTS) is 1. The van der Waals surface area contributed by atoms with Gasteiger partial charge >= 0.3 is 5.97 Å². The maximum Gasteiger partial charge on any atom is 0.310 e. The van der Waals surface area contributed by atoms with Crippen molar-refractivity contribution in [3.8, 4) is 5.75 Å². The van der Waals surface area contributed by atoms with E-state index in [0.717, 1.165) is 12.1 Å². The molecule has 24 heavy (non-hydrogen) atoms. The van der Waals surface area contributed by atoms with Crippen molar-refractivity contribution in [3.63, 3.8) is 0 Å². The minimum atomic E-state index is -1.13. The number of aliphatic carboxylic acids is 1. The van der Waals surface area contributed by atoms with Gasteiger partial charge in [0.15, 0.2) is 0 Å². The first kappa shape index (κ1) is 15.7. The first-order valence-electron chi connectivity index (χ1n) is 7.16. The topological polar surface area (TPSA) is 87.7 Å². The summed E-state index contributed by atoms with van der Waals surface area (Å²) < 4.78 is 18.3. The number of carbonyl (C=O) groups is 2. The van der Waals surface area contributed by atoms with E-state index in [1.165, 1.54) is 31.4 Å². The van der Waals surface area contributed by atoms with Crippen molar-refractivity contribution in [1.82, 2.24) is 0 Å². The second-order valence-corrected chi connectivity index (χ2v) is 5.42. The number of aromatic hydroxyl groups is 1. The van der Waals surface area contributed by atoms with Gasteiger partial charge in [0.05, 0.1) is 12.2 Å². The van der Waals surface area contributed by atoms with Crippen molar-refractivity contribution >= 4 is 22.7 Å². The number of phenols is 1. The average Bonchev–Trinajstić information content (AvgIpc) is 3.01. The van der Waals surface area contributed by atoms with Gasteiger partial charge < -0.3 is 14.6 Å². The Balaban J connectivity index is 2.24. The summed E-state index contributed by atoms with van der Waals surface area (Å²) >= 11 is 0. The number of halogens is 1. The van der Waals surface area contributed by atoms with Crippen LogP contribution in [0.1, 0.15) is 34.3 Å². The van der Waals surface area contributed by atoms with Crippen LogP contribution in [0, 0.1) is 5.82 Å². The van der Waals surface area contributed by atoms with Gasteiger partial charge in [0.1, 0.15) is 22.7 Å². The maximum absolute atomic E-state index is 13.0. The minimum absolute atomic E-state index is 0.113. The van der Waals surface area contributed by atoms with Crippen molar-refractivity contribution in [3.05, 3.63) is 65.2 Å². The van der Waals surface area contributed by atoms with Gasteiger partial charge in [-0.15, -0.1) is 0 Å². The molecule has 1 unspecified atom stereocenters. The maximum atomic E-state index is 13.0. The molecule has 1 atom stereocenters. The number of hydrogen-bond acceptors (Lipinski definition) is 4. The number of ketones is 1. The van der Waals surface area contributed by atoms with Crippen molar-refractivity contribution in [2.45, 2.75) is 12.8 Å². The summed E-state index contributed by atoms with van der Waals surface area (Å²) in [6.07, 6.45) is 1.35. The van der Waals surface area contributed by atoms with E-state index in [0.29, 0.717) is 5.39 Å². The highest BCUT2D eigenvalue weighted by molar-refractivity contribution is 6.17. The summed E-state index contributed by atoms with van der Waals surface area (Å²) in [6.45, 7) is 1.41. The summed E-state index contributed by atoms with van der Waals surface area (Å²) in [5.41, 5.74) is 0.293. The highest BCUT2D eigenvalue weighted by Gasteiger charge is 2.27. The molecular formula is C18H13FO5. The Morgan fingerprint density at radius 2 is 1.83 bits per heavy atom. The van der Waals surface area contributed by atoms with Gasteiger partial charge in [0.25, 0.3) is 0 Å². The van der Waals surface area contributed by atoms with Gasteiger partial charge in [0, 0.05) is 16.5 Å². The van der Waals surface area contributed by atoms with Gasteiger partial charge in [-0.1, -0.05) is 0 Å². The summed E-state index contributed by atoms with van der Waals surface area (Å²) in [7, 11) is 0. The molecule has 3 aromatic rings. The fourth-order valence-corrected chi connectivity index (χ4v) is 2.54. The number of benzene rings is 2. The third-order valence-corrected chi connectivity index (χ3v) is 3.91. The molecule has 0 saturated carbocycles. The molecule has 2 N–H and O–H groups in total. The largest absolute Gasteiger partial charge is 0.507 e. The normalized spacial score (nSPS) is 12.2. The number of phenolic OH excluding ortho intramolecular Hbond substituents is 1. The van der Waals surface area contributed by atoms with E-state index in [9.17, 15) is 24.2 Å². The van der Waals surface area contributed by atoms with Crippen LogP contribution in [0.3, 0.4) is 0 Å². The number of carboxylic acids is 1. The zero-order valence-corrected chi connectivity index (χ0v) is 12.6. The van der Waals surface area contributed by atoms with Crippen LogP contribution in [0.25, 0.3) is 11.0 Å². The molecule has 1 heterocycles. The SMILES string of the molecule is CC(C(=O)O)c1cc2ccoc2c(C(=O)c2ccc(F)cc2)c1O. The molecule has 0 aliphatic heterocycles. The lowest BCUT2D eigenvalue weighted by Gasteiger charge is -2.13. The Kier molecular flexibility index (Phi) is 3.81. The highest BCUT2D eigenvalue weighted by Crippen LogP contribution is 2.37. The molecule has 0 amide bonds. The monoisotopic (exact) mass is 328 g/mol. The summed E-state index contributed by atoms with van der Waals surface area (Å²) in [5, 5.41) is 20.2. The Morgan fingerprint density at radius 3 is 2.46 bits per heavy atom. The standard InChI is InChI=1S/C18H13FO5/c1-9(18(22)23)13-8-11-6-7-24-17(11)14(16(13)21)15(20)10-2-4-12(19)5-3-10/h2-9,21H,1H3,(H,22,23). The first-order valence-corrected chi connectivity index (χ1v) is 7.16. The van der Waals surface area contributed by atoms with E-state index >= 15 is 0 Å². The molecule has 0 saturated heterocycles. The van der Waals surface area contributed by atoms with E-state index in [4.69, 9.17) is 4.42 Å². The van der Waals surface area contributed by atoms with E-state index in [1.807, 2.05) is 0 Å². The molecule has 0 aliphatic rings. The zero-order chi connectivity index (χ0) is 17.4. The minimum Gasteiger partial charge on any atom is -0.507 e. The van der Waals surface area contributed by atoms with Gasteiger partial charge in [0.2, 0.25) is 5.78 Å². The van der Waals surface area contributed by atoms with E-state index in [2.05, 4.69) is 0 Å². The number of fused-ring (bicyclic) bond motifs is 1. The fourth-order valence-electron chi connectivity index (χ4n) is 2.54. The van der Waals surface area contributed by atoms with Gasteiger partial charge in [-0.25, -0.2) is 4.39 Å². The van der Waals surface area contributed by atoms with E-state index < -0.39 is 29.2 Å². The van der Waals surface area contributed by atoms with Crippen LogP contribution in [-0.4, -0.2) is 22.0 Å². The molecule has 0 radical (unpaired) electrons. The Labute approximate surface area is 136 Å². The predicted octanol–water partition coefficient (Wildman–Crippen LogP) is 3.70. The lowest BCUT2D eigenvalue weighted by Crippen LogP contribution is -2.10. The number of hydrogen-bond donors (Lipinski definition) is 2. The second kappa shape index (κ2) is 5.81. The quantitative estimate of drug-likeness (QED) is 0.713. The van der Waals surface area contributed by atoms with Crippen LogP contribution in [0.5, 0.6) is 5.75 Å². The number of furan rings is 1. The van der Waals surface area contributed by atoms with Crippen LogP contribution in [-0.2, 0) is 4.79 Å². The first-order chi connectivity index (χ1) is 11.4. The molecule has 2 aromatic carbocycles. The third kappa shape index (κ3) is 2.52. The Morgan fingerprint density at radius 1 is 1.17 bits per heavy atom. The second-order valence-electron chi connectivity index (χ2n) is 5.42. The van der Waals surface area contributed by atoms with Crippen molar-refractivity contribution in [2.75, 3.05) is 0 Å². The van der Waals surface area contributed by atoms with Crippen molar-refractivity contribution in [2.24, 2.45) is 0 Å². The predicted molar refractivity (Wildman–Crippen MR) is 83.8 cm³/mol. The van der Waals surface area contributed by atoms with Crippen molar-refractivity contribution < 1.29 is 28.6 Å². The van der Waals surface area contributed by atoms with Crippen LogP contribution in [0.2, 0.25) is 0 Å². The summed E-state index contributed by atoms with van der Waals surface area (Å²) in [6, 6.07) is 7.90. The molecule has 0 spiro atoms. The van der Waals surface area contributed by atoms with Crippen molar-refractivity contribution in [1.29, 1.82) is 0 Å². The number of carbonyl (C=O) groups excluding carboxylic acids is 1. The van der Waals surface area contributed by atoms with Gasteiger partial charge in [-0.3, -0.25) is 9.59 Å². The Bertz CT molecular complexity index is 940. The smallest absolute Gasteiger partial charge is 0.310 e. The number of rotatable bonds is 4. The molecule has 0 bridgehead atoms. The fraction of sp³-hybridized carbons (Fsp3) is 0.111. The van der Waals surface area contributed by atoms with E-state index in [1.54, 1.807) is 6.07 Å². The van der Waals surface area contributed by atoms with Crippen LogP contribution < -0.4 is 0 Å². The summed E-state index contributed by atoms with van der Waals surface area (Å²) in [5.74, 6) is -3.65. The van der Waals surface area contributed by atoms with Gasteiger partial charge in [-0.2, -0.15) is 0 Å². The highest BCUT2D eigenvalue weighted by atomic mass is 19.1. The zero-order valence-electron chi connectivity index (χ0n) is 12.6.